The number of anilines is 2. The highest BCUT2D eigenvalue weighted by atomic mass is 32.2. The van der Waals surface area contributed by atoms with Gasteiger partial charge in [0.05, 0.1) is 16.3 Å². The number of thiazole rings is 1. The molecule has 0 fully saturated rings. The molecule has 0 saturated heterocycles. The number of aromatic nitrogens is 1. The van der Waals surface area contributed by atoms with E-state index in [4.69, 9.17) is 4.74 Å². The van der Waals surface area contributed by atoms with E-state index in [1.165, 1.54) is 36.2 Å². The summed E-state index contributed by atoms with van der Waals surface area (Å²) in [7, 11) is -3.69. The first-order chi connectivity index (χ1) is 15.8. The number of esters is 1. The Labute approximate surface area is 194 Å². The predicted molar refractivity (Wildman–Crippen MR) is 124 cm³/mol. The Balaban J connectivity index is 1.43. The molecule has 1 atom stereocenters. The number of aliphatic imine (C=N–C) groups is 1. The summed E-state index contributed by atoms with van der Waals surface area (Å²) in [5, 5.41) is 2.17. The quantitative estimate of drug-likeness (QED) is 0.538. The molecule has 0 bridgehead atoms. The van der Waals surface area contributed by atoms with Gasteiger partial charge in [-0.3, -0.25) is 19.4 Å². The molecular weight excluding hydrogens is 464 g/mol. The van der Waals surface area contributed by atoms with Crippen molar-refractivity contribution in [1.29, 1.82) is 0 Å². The molecule has 4 rings (SSSR count). The molecule has 0 saturated carbocycles. The molecule has 0 aliphatic carbocycles. The van der Waals surface area contributed by atoms with Gasteiger partial charge in [-0.2, -0.15) is 0 Å². The van der Waals surface area contributed by atoms with Gasteiger partial charge in [-0.25, -0.2) is 18.2 Å². The van der Waals surface area contributed by atoms with Crippen LogP contribution in [0.4, 0.5) is 10.8 Å². The molecular formula is C22H20N4O5S2. The first-order valence-corrected chi connectivity index (χ1v) is 12.3. The number of hydrogen-bond acceptors (Lipinski definition) is 8. The molecule has 9 nitrogen and oxygen atoms in total. The van der Waals surface area contributed by atoms with Gasteiger partial charge in [-0.1, -0.05) is 30.3 Å². The number of hydrogen-bond donors (Lipinski definition) is 1. The molecule has 0 unspecified atom stereocenters. The van der Waals surface area contributed by atoms with Gasteiger partial charge in [0.1, 0.15) is 18.5 Å². The molecule has 11 heteroatoms. The Morgan fingerprint density at radius 2 is 1.85 bits per heavy atom. The summed E-state index contributed by atoms with van der Waals surface area (Å²) in [6, 6.07) is 14.6. The number of nitrogens with zero attached hydrogens (tertiary/aromatic N) is 3. The number of nitrogens with one attached hydrogen (secondary N) is 1. The minimum atomic E-state index is -3.69. The number of carbonyl (C=O) groups is 2. The van der Waals surface area contributed by atoms with Crippen molar-refractivity contribution in [1.82, 2.24) is 9.71 Å². The molecule has 1 aliphatic heterocycles. The maximum Gasteiger partial charge on any atom is 0.331 e. The van der Waals surface area contributed by atoms with Crippen molar-refractivity contribution in [3.63, 3.8) is 0 Å². The van der Waals surface area contributed by atoms with Gasteiger partial charge in [0.2, 0.25) is 5.91 Å². The van der Waals surface area contributed by atoms with Gasteiger partial charge in [0.25, 0.3) is 10.0 Å². The number of rotatable bonds is 6. The second-order valence-corrected chi connectivity index (χ2v) is 9.66. The molecule has 1 aliphatic rings. The number of carbonyl (C=O) groups excluding carboxylic acids is 2. The van der Waals surface area contributed by atoms with E-state index >= 15 is 0 Å². The van der Waals surface area contributed by atoms with Gasteiger partial charge in [0, 0.05) is 17.9 Å². The lowest BCUT2D eigenvalue weighted by molar-refractivity contribution is -0.146. The third kappa shape index (κ3) is 4.78. The molecule has 2 heterocycles. The van der Waals surface area contributed by atoms with Crippen LogP contribution in [0.25, 0.3) is 0 Å². The molecule has 3 aromatic rings. The average molecular weight is 485 g/mol. The molecule has 170 valence electrons. The SMILES string of the molecule is CC(=O)N(c1ccccc1)c1nc(COC(=O)[C@H](C)N=C2NS(=O)(=O)c3ccccc32)cs1. The zero-order valence-electron chi connectivity index (χ0n) is 17.8. The highest BCUT2D eigenvalue weighted by molar-refractivity contribution is 7.90. The molecule has 0 spiro atoms. The standard InChI is InChI=1S/C22H20N4O5S2/c1-14(23-20-18-10-6-7-11-19(18)33(29,30)25-20)21(28)31-12-16-13-32-22(24-16)26(15(2)27)17-8-4-3-5-9-17/h3-11,13-14H,12H2,1-2H3,(H,23,25)/t14-/m0/s1. The predicted octanol–water partition coefficient (Wildman–Crippen LogP) is 3.00. The number of benzene rings is 2. The van der Waals surface area contributed by atoms with Crippen LogP contribution in [0, 0.1) is 0 Å². The fraction of sp³-hybridized carbons (Fsp3) is 0.182. The fourth-order valence-electron chi connectivity index (χ4n) is 3.21. The third-order valence-electron chi connectivity index (χ3n) is 4.75. The van der Waals surface area contributed by atoms with Crippen LogP contribution in [-0.2, 0) is 31.0 Å². The Morgan fingerprint density at radius 3 is 2.58 bits per heavy atom. The molecule has 1 N–H and O–H groups in total. The summed E-state index contributed by atoms with van der Waals surface area (Å²) in [5.41, 5.74) is 1.58. The summed E-state index contributed by atoms with van der Waals surface area (Å²) >= 11 is 1.26. The highest BCUT2D eigenvalue weighted by Gasteiger charge is 2.31. The Hall–Kier alpha value is -3.57. The van der Waals surface area contributed by atoms with Crippen LogP contribution in [0.15, 0.2) is 69.9 Å². The van der Waals surface area contributed by atoms with Gasteiger partial charge >= 0.3 is 5.97 Å². The van der Waals surface area contributed by atoms with E-state index < -0.39 is 22.0 Å². The van der Waals surface area contributed by atoms with Crippen LogP contribution in [0.5, 0.6) is 0 Å². The zero-order valence-corrected chi connectivity index (χ0v) is 19.4. The smallest absolute Gasteiger partial charge is 0.331 e. The number of para-hydroxylation sites is 1. The van der Waals surface area contributed by atoms with Gasteiger partial charge in [-0.05, 0) is 31.2 Å². The minimum Gasteiger partial charge on any atom is -0.458 e. The van der Waals surface area contributed by atoms with Gasteiger partial charge in [-0.15, -0.1) is 11.3 Å². The van der Waals surface area contributed by atoms with E-state index in [2.05, 4.69) is 14.7 Å². The van der Waals surface area contributed by atoms with Gasteiger partial charge in [0.15, 0.2) is 5.13 Å². The summed E-state index contributed by atoms with van der Waals surface area (Å²) in [5.74, 6) is -0.721. The fourth-order valence-corrected chi connectivity index (χ4v) is 5.32. The molecule has 33 heavy (non-hydrogen) atoms. The van der Waals surface area contributed by atoms with Crippen molar-refractivity contribution in [3.05, 3.63) is 71.2 Å². The van der Waals surface area contributed by atoms with Crippen LogP contribution in [0.3, 0.4) is 0 Å². The van der Waals surface area contributed by atoms with Crippen molar-refractivity contribution >= 4 is 49.9 Å². The Morgan fingerprint density at radius 1 is 1.15 bits per heavy atom. The molecule has 1 amide bonds. The lowest BCUT2D eigenvalue weighted by atomic mass is 10.2. The van der Waals surface area contributed by atoms with Gasteiger partial charge < -0.3 is 4.74 Å². The van der Waals surface area contributed by atoms with Crippen LogP contribution in [-0.4, -0.2) is 37.2 Å². The number of amidine groups is 1. The maximum absolute atomic E-state index is 12.5. The minimum absolute atomic E-state index is 0.103. The van der Waals surface area contributed by atoms with Crippen molar-refractivity contribution < 1.29 is 22.7 Å². The van der Waals surface area contributed by atoms with Crippen molar-refractivity contribution in [2.75, 3.05) is 4.90 Å². The van der Waals surface area contributed by atoms with E-state index in [0.717, 1.165) is 0 Å². The summed E-state index contributed by atoms with van der Waals surface area (Å²) in [4.78, 5) is 34.8. The second-order valence-electron chi connectivity index (χ2n) is 7.17. The third-order valence-corrected chi connectivity index (χ3v) is 7.02. The summed E-state index contributed by atoms with van der Waals surface area (Å²) in [6.07, 6.45) is 0. The van der Waals surface area contributed by atoms with E-state index in [1.54, 1.807) is 35.7 Å². The topological polar surface area (TPSA) is 118 Å². The average Bonchev–Trinajstić information content (AvgIpc) is 3.35. The van der Waals surface area contributed by atoms with E-state index in [9.17, 15) is 18.0 Å². The molecule has 2 aromatic carbocycles. The molecule has 1 aromatic heterocycles. The van der Waals surface area contributed by atoms with Crippen LogP contribution < -0.4 is 9.62 Å². The monoisotopic (exact) mass is 484 g/mol. The zero-order chi connectivity index (χ0) is 23.6. The summed E-state index contributed by atoms with van der Waals surface area (Å²) in [6.45, 7) is 2.86. The normalized spacial score (nSPS) is 16.0. The van der Waals surface area contributed by atoms with E-state index in [1.807, 2.05) is 18.2 Å². The number of amides is 1. The van der Waals surface area contributed by atoms with Crippen molar-refractivity contribution in [2.45, 2.75) is 31.4 Å². The van der Waals surface area contributed by atoms with Crippen LogP contribution in [0.1, 0.15) is 25.1 Å². The lowest BCUT2D eigenvalue weighted by Crippen LogP contribution is -2.26. The second kappa shape index (κ2) is 9.12. The highest BCUT2D eigenvalue weighted by Crippen LogP contribution is 2.29. The Kier molecular flexibility index (Phi) is 6.25. The first kappa shape index (κ1) is 22.6. The number of fused-ring (bicyclic) bond motifs is 1. The van der Waals surface area contributed by atoms with E-state index in [0.29, 0.717) is 22.1 Å². The summed E-state index contributed by atoms with van der Waals surface area (Å²) < 4.78 is 32.1. The molecule has 0 radical (unpaired) electrons. The first-order valence-electron chi connectivity index (χ1n) is 9.93. The van der Waals surface area contributed by atoms with Crippen molar-refractivity contribution in [3.8, 4) is 0 Å². The Bertz CT molecular complexity index is 1340. The lowest BCUT2D eigenvalue weighted by Gasteiger charge is -2.17. The number of ether oxygens (including phenoxy) is 1. The van der Waals surface area contributed by atoms with Crippen LogP contribution in [0.2, 0.25) is 0 Å². The van der Waals surface area contributed by atoms with E-state index in [-0.39, 0.29) is 23.2 Å². The van der Waals surface area contributed by atoms with Crippen LogP contribution >= 0.6 is 11.3 Å². The largest absolute Gasteiger partial charge is 0.458 e. The maximum atomic E-state index is 12.5. The van der Waals surface area contributed by atoms with Crippen molar-refractivity contribution in [2.24, 2.45) is 4.99 Å². The number of sulfonamides is 1.